The number of hydrogen-bond donors (Lipinski definition) is 3. The van der Waals surface area contributed by atoms with Crippen LogP contribution in [0.2, 0.25) is 5.02 Å². The second-order valence-electron chi connectivity index (χ2n) is 7.21. The van der Waals surface area contributed by atoms with Gasteiger partial charge in [0.15, 0.2) is 6.29 Å². The quantitative estimate of drug-likeness (QED) is 0.393. The molecule has 0 spiro atoms. The molecule has 1 aliphatic rings. The summed E-state index contributed by atoms with van der Waals surface area (Å²) in [7, 11) is 0. The van der Waals surface area contributed by atoms with E-state index in [9.17, 15) is 14.4 Å². The number of urea groups is 2. The fourth-order valence-corrected chi connectivity index (χ4v) is 3.77. The highest BCUT2D eigenvalue weighted by Gasteiger charge is 2.39. The maximum absolute atomic E-state index is 13.3. The predicted molar refractivity (Wildman–Crippen MR) is 123 cm³/mol. The van der Waals surface area contributed by atoms with Crippen molar-refractivity contribution < 1.29 is 19.2 Å². The number of rotatable bonds is 8. The number of thioether (sulfide) groups is 1. The standard InChI is InChI=1S/C21H24ClN5O4S/c1-13(18(28)31-23)11-27-20(29)25-19(24-16-4-3-5-17(10-16)32-2)26(21(27)30)12-14-6-8-15(22)9-7-14/h3-10,13,19,24H,11-12,23H2,1-2H3,(H,25,29)/t13-,19?/m0/s1. The van der Waals surface area contributed by atoms with Crippen molar-refractivity contribution in [2.24, 2.45) is 11.8 Å². The first-order chi connectivity index (χ1) is 15.3. The first-order valence-electron chi connectivity index (χ1n) is 9.76. The van der Waals surface area contributed by atoms with Gasteiger partial charge in [0, 0.05) is 22.2 Å². The number of benzene rings is 2. The van der Waals surface area contributed by atoms with Crippen molar-refractivity contribution in [3.05, 3.63) is 59.1 Å². The minimum absolute atomic E-state index is 0.174. The zero-order valence-electron chi connectivity index (χ0n) is 17.6. The third-order valence-electron chi connectivity index (χ3n) is 4.91. The maximum atomic E-state index is 13.3. The molecule has 0 aromatic heterocycles. The minimum Gasteiger partial charge on any atom is -0.373 e. The average Bonchev–Trinajstić information content (AvgIpc) is 2.79. The van der Waals surface area contributed by atoms with E-state index in [1.165, 1.54) is 11.8 Å². The Morgan fingerprint density at radius 2 is 2.00 bits per heavy atom. The van der Waals surface area contributed by atoms with Crippen molar-refractivity contribution in [1.29, 1.82) is 0 Å². The molecule has 0 aliphatic carbocycles. The summed E-state index contributed by atoms with van der Waals surface area (Å²) in [5.41, 5.74) is 1.56. The van der Waals surface area contributed by atoms with Gasteiger partial charge < -0.3 is 10.2 Å². The molecule has 4 amide bonds. The van der Waals surface area contributed by atoms with Crippen LogP contribution in [-0.2, 0) is 16.2 Å². The SMILES string of the molecule is CSc1cccc(NC2NC(=O)N(C[C@H](C)C(=O)ON)C(=O)N2Cc2ccc(Cl)cc2)c1. The molecule has 3 rings (SSSR count). The number of nitrogens with one attached hydrogen (secondary N) is 2. The van der Waals surface area contributed by atoms with Gasteiger partial charge in [-0.15, -0.1) is 11.8 Å². The average molecular weight is 478 g/mol. The molecule has 11 heteroatoms. The van der Waals surface area contributed by atoms with Gasteiger partial charge in [-0.2, -0.15) is 5.90 Å². The molecule has 0 saturated carbocycles. The van der Waals surface area contributed by atoms with E-state index in [0.29, 0.717) is 5.02 Å². The smallest absolute Gasteiger partial charge is 0.331 e. The van der Waals surface area contributed by atoms with Crippen molar-refractivity contribution >= 4 is 47.1 Å². The number of amides is 4. The number of nitrogens with two attached hydrogens (primary N) is 1. The Hall–Kier alpha value is -2.95. The largest absolute Gasteiger partial charge is 0.373 e. The van der Waals surface area contributed by atoms with Gasteiger partial charge in [0.2, 0.25) is 0 Å². The van der Waals surface area contributed by atoms with E-state index in [1.807, 2.05) is 30.5 Å². The summed E-state index contributed by atoms with van der Waals surface area (Å²) >= 11 is 7.56. The Morgan fingerprint density at radius 3 is 2.66 bits per heavy atom. The summed E-state index contributed by atoms with van der Waals surface area (Å²) in [4.78, 5) is 45.5. The van der Waals surface area contributed by atoms with Gasteiger partial charge in [-0.1, -0.05) is 36.7 Å². The van der Waals surface area contributed by atoms with Gasteiger partial charge in [-0.25, -0.2) is 14.5 Å². The third-order valence-corrected chi connectivity index (χ3v) is 5.89. The maximum Gasteiger partial charge on any atom is 0.331 e. The first kappa shape index (κ1) is 23.7. The first-order valence-corrected chi connectivity index (χ1v) is 11.4. The summed E-state index contributed by atoms with van der Waals surface area (Å²) in [5.74, 6) is 3.43. The summed E-state index contributed by atoms with van der Waals surface area (Å²) in [6.45, 7) is 1.55. The van der Waals surface area contributed by atoms with Gasteiger partial charge in [0.1, 0.15) is 0 Å². The Morgan fingerprint density at radius 1 is 1.28 bits per heavy atom. The Labute approximate surface area is 195 Å². The van der Waals surface area contributed by atoms with E-state index in [-0.39, 0.29) is 13.1 Å². The number of carbonyl (C=O) groups excluding carboxylic acids is 3. The fraction of sp³-hybridized carbons (Fsp3) is 0.286. The van der Waals surface area contributed by atoms with Crippen molar-refractivity contribution in [2.45, 2.75) is 24.7 Å². The van der Waals surface area contributed by atoms with Gasteiger partial charge in [-0.05, 0) is 42.2 Å². The van der Waals surface area contributed by atoms with Crippen LogP contribution < -0.4 is 16.5 Å². The lowest BCUT2D eigenvalue weighted by Crippen LogP contribution is -2.67. The highest BCUT2D eigenvalue weighted by atomic mass is 35.5. The number of anilines is 1. The van der Waals surface area contributed by atoms with Crippen LogP contribution >= 0.6 is 23.4 Å². The topological polar surface area (TPSA) is 117 Å². The van der Waals surface area contributed by atoms with E-state index >= 15 is 0 Å². The highest BCUT2D eigenvalue weighted by Crippen LogP contribution is 2.23. The lowest BCUT2D eigenvalue weighted by molar-refractivity contribution is -0.148. The van der Waals surface area contributed by atoms with E-state index in [2.05, 4.69) is 15.5 Å². The van der Waals surface area contributed by atoms with Crippen LogP contribution in [0.4, 0.5) is 15.3 Å². The van der Waals surface area contributed by atoms with E-state index in [1.54, 1.807) is 36.0 Å². The molecule has 1 aliphatic heterocycles. The molecule has 2 aromatic rings. The van der Waals surface area contributed by atoms with E-state index in [4.69, 9.17) is 17.5 Å². The predicted octanol–water partition coefficient (Wildman–Crippen LogP) is 3.46. The normalized spacial score (nSPS) is 17.1. The fourth-order valence-electron chi connectivity index (χ4n) is 3.18. The van der Waals surface area contributed by atoms with Crippen LogP contribution in [0, 0.1) is 5.92 Å². The molecular formula is C21H24ClN5O4S. The number of halogens is 1. The van der Waals surface area contributed by atoms with Gasteiger partial charge >= 0.3 is 18.0 Å². The summed E-state index contributed by atoms with van der Waals surface area (Å²) < 4.78 is 0. The molecule has 1 unspecified atom stereocenters. The molecule has 1 fully saturated rings. The zero-order valence-corrected chi connectivity index (χ0v) is 19.2. The van der Waals surface area contributed by atoms with Gasteiger partial charge in [-0.3, -0.25) is 15.0 Å². The lowest BCUT2D eigenvalue weighted by Gasteiger charge is -2.41. The molecule has 2 atom stereocenters. The van der Waals surface area contributed by atoms with Crippen molar-refractivity contribution in [3.8, 4) is 0 Å². The summed E-state index contributed by atoms with van der Waals surface area (Å²) in [6, 6.07) is 13.5. The summed E-state index contributed by atoms with van der Waals surface area (Å²) in [6.07, 6.45) is 1.15. The molecule has 1 saturated heterocycles. The molecule has 32 heavy (non-hydrogen) atoms. The zero-order chi connectivity index (χ0) is 23.3. The number of hydrogen-bond acceptors (Lipinski definition) is 7. The monoisotopic (exact) mass is 477 g/mol. The lowest BCUT2D eigenvalue weighted by atomic mass is 10.1. The molecule has 1 heterocycles. The highest BCUT2D eigenvalue weighted by molar-refractivity contribution is 7.98. The van der Waals surface area contributed by atoms with Crippen LogP contribution in [0.15, 0.2) is 53.4 Å². The van der Waals surface area contributed by atoms with E-state index < -0.39 is 30.2 Å². The second kappa shape index (κ2) is 10.6. The van der Waals surface area contributed by atoms with Crippen molar-refractivity contribution in [3.63, 3.8) is 0 Å². The third kappa shape index (κ3) is 5.64. The van der Waals surface area contributed by atoms with Crippen molar-refractivity contribution in [2.75, 3.05) is 18.1 Å². The molecule has 0 bridgehead atoms. The number of nitrogens with zero attached hydrogens (tertiary/aromatic N) is 2. The number of imide groups is 1. The number of carbonyl (C=O) groups is 3. The molecule has 9 nitrogen and oxygen atoms in total. The second-order valence-corrected chi connectivity index (χ2v) is 8.53. The van der Waals surface area contributed by atoms with Crippen LogP contribution in [0.3, 0.4) is 0 Å². The Bertz CT molecular complexity index is 990. The molecule has 4 N–H and O–H groups in total. The van der Waals surface area contributed by atoms with Crippen LogP contribution in [0.1, 0.15) is 12.5 Å². The molecular weight excluding hydrogens is 454 g/mol. The van der Waals surface area contributed by atoms with Crippen molar-refractivity contribution in [1.82, 2.24) is 15.1 Å². The molecule has 2 aromatic carbocycles. The van der Waals surface area contributed by atoms with Crippen LogP contribution in [0.25, 0.3) is 0 Å². The van der Waals surface area contributed by atoms with Crippen LogP contribution in [0.5, 0.6) is 0 Å². The Balaban J connectivity index is 1.87. The molecule has 0 radical (unpaired) electrons. The minimum atomic E-state index is -0.809. The van der Waals surface area contributed by atoms with E-state index in [0.717, 1.165) is 21.0 Å². The Kier molecular flexibility index (Phi) is 7.84. The van der Waals surface area contributed by atoms with Gasteiger partial charge in [0.05, 0.1) is 12.5 Å². The summed E-state index contributed by atoms with van der Waals surface area (Å²) in [5, 5.41) is 6.57. The molecule has 170 valence electrons. The van der Waals surface area contributed by atoms with Gasteiger partial charge in [0.25, 0.3) is 0 Å². The van der Waals surface area contributed by atoms with Crippen LogP contribution in [-0.4, -0.2) is 46.9 Å².